The van der Waals surface area contributed by atoms with E-state index in [9.17, 15) is 4.79 Å². The van der Waals surface area contributed by atoms with Gasteiger partial charge < -0.3 is 9.84 Å². The van der Waals surface area contributed by atoms with E-state index in [-0.39, 0.29) is 5.56 Å². The van der Waals surface area contributed by atoms with Gasteiger partial charge in [0.05, 0.1) is 0 Å². The smallest absolute Gasteiger partial charge is 0.339 e. The highest BCUT2D eigenvalue weighted by molar-refractivity contribution is 14.1. The van der Waals surface area contributed by atoms with Crippen LogP contribution in [0.3, 0.4) is 0 Å². The molecule has 0 bridgehead atoms. The van der Waals surface area contributed by atoms with Crippen LogP contribution in [-0.4, -0.2) is 17.7 Å². The molecular weight excluding hydrogens is 319 g/mol. The predicted molar refractivity (Wildman–Crippen MR) is 71.0 cm³/mol. The fraction of sp³-hybridized carbons (Fsp3) is 0.250. The first-order valence-corrected chi connectivity index (χ1v) is 5.94. The molecule has 1 rings (SSSR count). The quantitative estimate of drug-likeness (QED) is 0.665. The van der Waals surface area contributed by atoms with Crippen LogP contribution in [0.1, 0.15) is 23.7 Å². The second kappa shape index (κ2) is 5.89. The standard InChI is InChI=1S/C12H13IO3/c1-3-8(2)7-16-11-5-4-9(13)6-10(11)12(14)15/h4-6H,2-3,7H2,1H3,(H,14,15). The van der Waals surface area contributed by atoms with Gasteiger partial charge in [-0.2, -0.15) is 0 Å². The molecule has 16 heavy (non-hydrogen) atoms. The molecule has 0 saturated heterocycles. The molecule has 0 aliphatic heterocycles. The molecule has 3 nitrogen and oxygen atoms in total. The van der Waals surface area contributed by atoms with Crippen LogP contribution in [0, 0.1) is 3.57 Å². The van der Waals surface area contributed by atoms with Crippen LogP contribution in [0.15, 0.2) is 30.4 Å². The number of carboxylic acids is 1. The molecule has 0 fully saturated rings. The minimum atomic E-state index is -0.976. The molecule has 0 atom stereocenters. The number of carbonyl (C=O) groups is 1. The van der Waals surface area contributed by atoms with Crippen LogP contribution in [-0.2, 0) is 0 Å². The SMILES string of the molecule is C=C(CC)COc1ccc(I)cc1C(=O)O. The van der Waals surface area contributed by atoms with Crippen molar-refractivity contribution in [1.29, 1.82) is 0 Å². The summed E-state index contributed by atoms with van der Waals surface area (Å²) in [6.45, 7) is 6.15. The van der Waals surface area contributed by atoms with E-state index in [0.717, 1.165) is 15.6 Å². The lowest BCUT2D eigenvalue weighted by Crippen LogP contribution is -2.05. The second-order valence-corrected chi connectivity index (χ2v) is 4.58. The van der Waals surface area contributed by atoms with Gasteiger partial charge in [0, 0.05) is 3.57 Å². The largest absolute Gasteiger partial charge is 0.488 e. The topological polar surface area (TPSA) is 46.5 Å². The lowest BCUT2D eigenvalue weighted by Gasteiger charge is -2.10. The van der Waals surface area contributed by atoms with Crippen LogP contribution < -0.4 is 4.74 Å². The Morgan fingerprint density at radius 2 is 2.25 bits per heavy atom. The zero-order valence-corrected chi connectivity index (χ0v) is 11.2. The number of benzene rings is 1. The summed E-state index contributed by atoms with van der Waals surface area (Å²) in [4.78, 5) is 11.0. The highest BCUT2D eigenvalue weighted by Crippen LogP contribution is 2.21. The van der Waals surface area contributed by atoms with Crippen LogP contribution >= 0.6 is 22.6 Å². The number of hydrogen-bond donors (Lipinski definition) is 1. The Bertz CT molecular complexity index is 413. The van der Waals surface area contributed by atoms with Crippen molar-refractivity contribution in [3.8, 4) is 5.75 Å². The fourth-order valence-electron chi connectivity index (χ4n) is 1.08. The molecule has 0 aliphatic carbocycles. The van der Waals surface area contributed by atoms with Gasteiger partial charge in [0.2, 0.25) is 0 Å². The van der Waals surface area contributed by atoms with Crippen molar-refractivity contribution in [3.05, 3.63) is 39.5 Å². The van der Waals surface area contributed by atoms with Gasteiger partial charge in [-0.1, -0.05) is 13.5 Å². The van der Waals surface area contributed by atoms with Crippen molar-refractivity contribution >= 4 is 28.6 Å². The first-order valence-electron chi connectivity index (χ1n) is 4.87. The summed E-state index contributed by atoms with van der Waals surface area (Å²) in [5.74, 6) is -0.585. The normalized spacial score (nSPS) is 9.88. The highest BCUT2D eigenvalue weighted by Gasteiger charge is 2.11. The number of hydrogen-bond acceptors (Lipinski definition) is 2. The van der Waals surface area contributed by atoms with E-state index < -0.39 is 5.97 Å². The summed E-state index contributed by atoms with van der Waals surface area (Å²) in [6, 6.07) is 5.08. The zero-order chi connectivity index (χ0) is 12.1. The monoisotopic (exact) mass is 332 g/mol. The molecule has 0 aliphatic rings. The van der Waals surface area contributed by atoms with Gasteiger partial charge in [0.15, 0.2) is 0 Å². The van der Waals surface area contributed by atoms with Gasteiger partial charge in [-0.3, -0.25) is 0 Å². The molecule has 0 heterocycles. The van der Waals surface area contributed by atoms with Gasteiger partial charge in [0.1, 0.15) is 17.9 Å². The Balaban J connectivity index is 2.87. The Labute approximate surface area is 108 Å². The van der Waals surface area contributed by atoms with E-state index in [0.29, 0.717) is 12.4 Å². The van der Waals surface area contributed by atoms with E-state index >= 15 is 0 Å². The van der Waals surface area contributed by atoms with Crippen molar-refractivity contribution in [2.45, 2.75) is 13.3 Å². The van der Waals surface area contributed by atoms with E-state index in [1.807, 2.05) is 13.0 Å². The number of ether oxygens (including phenoxy) is 1. The summed E-state index contributed by atoms with van der Waals surface area (Å²) >= 11 is 2.07. The molecule has 86 valence electrons. The Hall–Kier alpha value is -1.04. The molecule has 0 spiro atoms. The average molecular weight is 332 g/mol. The maximum Gasteiger partial charge on any atom is 0.339 e. The van der Waals surface area contributed by atoms with Crippen LogP contribution in [0.5, 0.6) is 5.75 Å². The lowest BCUT2D eigenvalue weighted by atomic mass is 10.2. The van der Waals surface area contributed by atoms with E-state index in [1.165, 1.54) is 0 Å². The Kier molecular flexibility index (Phi) is 4.79. The first-order chi connectivity index (χ1) is 7.54. The molecular formula is C12H13IO3. The first kappa shape index (κ1) is 13.0. The van der Waals surface area contributed by atoms with Crippen LogP contribution in [0.4, 0.5) is 0 Å². The zero-order valence-electron chi connectivity index (χ0n) is 9.00. The summed E-state index contributed by atoms with van der Waals surface area (Å²) < 4.78 is 6.29. The fourth-order valence-corrected chi connectivity index (χ4v) is 1.57. The van der Waals surface area contributed by atoms with E-state index in [2.05, 4.69) is 29.2 Å². The third-order valence-corrected chi connectivity index (χ3v) is 2.77. The molecule has 0 radical (unpaired) electrons. The number of carboxylic acid groups (broad SMARTS) is 1. The lowest BCUT2D eigenvalue weighted by molar-refractivity contribution is 0.0692. The summed E-state index contributed by atoms with van der Waals surface area (Å²) in [6.07, 6.45) is 0.826. The van der Waals surface area contributed by atoms with E-state index in [1.54, 1.807) is 12.1 Å². The second-order valence-electron chi connectivity index (χ2n) is 3.34. The third-order valence-electron chi connectivity index (χ3n) is 2.10. The summed E-state index contributed by atoms with van der Waals surface area (Å²) in [7, 11) is 0. The van der Waals surface area contributed by atoms with Gasteiger partial charge in [0.25, 0.3) is 0 Å². The van der Waals surface area contributed by atoms with Gasteiger partial charge in [-0.05, 0) is 52.8 Å². The van der Waals surface area contributed by atoms with Crippen LogP contribution in [0.2, 0.25) is 0 Å². The molecule has 4 heteroatoms. The van der Waals surface area contributed by atoms with Crippen molar-refractivity contribution in [1.82, 2.24) is 0 Å². The molecule has 1 aromatic rings. The Morgan fingerprint density at radius 1 is 1.56 bits per heavy atom. The third kappa shape index (κ3) is 3.52. The van der Waals surface area contributed by atoms with Crippen molar-refractivity contribution < 1.29 is 14.6 Å². The maximum atomic E-state index is 11.0. The molecule has 0 saturated carbocycles. The average Bonchev–Trinajstić information content (AvgIpc) is 2.26. The number of halogens is 1. The highest BCUT2D eigenvalue weighted by atomic mass is 127. The van der Waals surface area contributed by atoms with Crippen molar-refractivity contribution in [2.24, 2.45) is 0 Å². The van der Waals surface area contributed by atoms with Crippen molar-refractivity contribution in [2.75, 3.05) is 6.61 Å². The van der Waals surface area contributed by atoms with Gasteiger partial charge in [-0.25, -0.2) is 4.79 Å². The molecule has 1 aromatic carbocycles. The summed E-state index contributed by atoms with van der Waals surface area (Å²) in [5.41, 5.74) is 1.13. The van der Waals surface area contributed by atoms with Crippen LogP contribution in [0.25, 0.3) is 0 Å². The Morgan fingerprint density at radius 3 is 2.81 bits per heavy atom. The minimum absolute atomic E-state index is 0.191. The minimum Gasteiger partial charge on any atom is -0.488 e. The van der Waals surface area contributed by atoms with Crippen molar-refractivity contribution in [3.63, 3.8) is 0 Å². The predicted octanol–water partition coefficient (Wildman–Crippen LogP) is 3.33. The van der Waals surface area contributed by atoms with Gasteiger partial charge >= 0.3 is 5.97 Å². The molecule has 0 amide bonds. The number of rotatable bonds is 5. The summed E-state index contributed by atoms with van der Waals surface area (Å²) in [5, 5.41) is 9.01. The maximum absolute atomic E-state index is 11.0. The van der Waals surface area contributed by atoms with E-state index in [4.69, 9.17) is 9.84 Å². The molecule has 0 aromatic heterocycles. The van der Waals surface area contributed by atoms with Gasteiger partial charge in [-0.15, -0.1) is 0 Å². The molecule has 1 N–H and O–H groups in total. The molecule has 0 unspecified atom stereocenters. The number of aromatic carboxylic acids is 1.